The molecule has 0 radical (unpaired) electrons. The molecule has 3 nitrogen and oxygen atoms in total. The molecule has 0 aliphatic rings. The lowest BCUT2D eigenvalue weighted by Crippen LogP contribution is -2.26. The number of nitrogens with two attached hydrogens (primary N) is 1. The second kappa shape index (κ2) is 6.73. The van der Waals surface area contributed by atoms with E-state index >= 15 is 0 Å². The Morgan fingerprint density at radius 2 is 1.78 bits per heavy atom. The standard InChI is InChI=1S/C20H26N2O/c1-3-5-10-19(23)20(21)14-11-12-18-16(13-14)15-8-6-7-9-17(15)22(18)4-2/h6-9,11-13,19-20,23H,3-5,10,21H2,1-2H3/t19-,20+/m1/s1. The first-order valence-corrected chi connectivity index (χ1v) is 8.61. The molecule has 0 fully saturated rings. The minimum absolute atomic E-state index is 0.324. The smallest absolute Gasteiger partial charge is 0.0732 e. The number of hydrogen-bond donors (Lipinski definition) is 2. The van der Waals surface area contributed by atoms with Crippen molar-refractivity contribution in [2.75, 3.05) is 0 Å². The SMILES string of the molecule is CCCC[C@@H](O)[C@@H](N)c1ccc2c(c1)c1ccccc1n2CC. The van der Waals surface area contributed by atoms with Crippen molar-refractivity contribution in [2.45, 2.75) is 51.8 Å². The molecule has 1 heterocycles. The van der Waals surface area contributed by atoms with E-state index in [-0.39, 0.29) is 6.04 Å². The summed E-state index contributed by atoms with van der Waals surface area (Å²) in [4.78, 5) is 0. The van der Waals surface area contributed by atoms with E-state index in [1.54, 1.807) is 0 Å². The first-order valence-electron chi connectivity index (χ1n) is 8.61. The molecule has 0 spiro atoms. The maximum Gasteiger partial charge on any atom is 0.0732 e. The van der Waals surface area contributed by atoms with Crippen molar-refractivity contribution in [2.24, 2.45) is 5.73 Å². The fourth-order valence-corrected chi connectivity index (χ4v) is 3.43. The Morgan fingerprint density at radius 3 is 2.52 bits per heavy atom. The Hall–Kier alpha value is -1.84. The highest BCUT2D eigenvalue weighted by molar-refractivity contribution is 6.08. The summed E-state index contributed by atoms with van der Waals surface area (Å²) in [6.07, 6.45) is 2.36. The number of benzene rings is 2. The van der Waals surface area contributed by atoms with Crippen LogP contribution in [0.3, 0.4) is 0 Å². The molecule has 1 aromatic heterocycles. The minimum Gasteiger partial charge on any atom is -0.391 e. The van der Waals surface area contributed by atoms with Crippen molar-refractivity contribution in [3.05, 3.63) is 48.0 Å². The third kappa shape index (κ3) is 2.87. The lowest BCUT2D eigenvalue weighted by Gasteiger charge is -2.19. The van der Waals surface area contributed by atoms with E-state index in [0.29, 0.717) is 0 Å². The first-order chi connectivity index (χ1) is 11.2. The van der Waals surface area contributed by atoms with Gasteiger partial charge in [0.15, 0.2) is 0 Å². The number of nitrogens with zero attached hydrogens (tertiary/aromatic N) is 1. The van der Waals surface area contributed by atoms with Gasteiger partial charge in [-0.15, -0.1) is 0 Å². The van der Waals surface area contributed by atoms with Crippen LogP contribution in [0.2, 0.25) is 0 Å². The van der Waals surface area contributed by atoms with Gasteiger partial charge in [0.05, 0.1) is 12.1 Å². The van der Waals surface area contributed by atoms with Gasteiger partial charge >= 0.3 is 0 Å². The zero-order chi connectivity index (χ0) is 16.4. The molecular formula is C20H26N2O. The van der Waals surface area contributed by atoms with Crippen LogP contribution in [-0.4, -0.2) is 15.8 Å². The molecule has 0 unspecified atom stereocenters. The number of aliphatic hydroxyl groups is 1. The number of hydrogen-bond acceptors (Lipinski definition) is 2. The second-order valence-corrected chi connectivity index (χ2v) is 6.27. The molecule has 3 rings (SSSR count). The maximum absolute atomic E-state index is 10.3. The Morgan fingerprint density at radius 1 is 1.04 bits per heavy atom. The van der Waals surface area contributed by atoms with Crippen molar-refractivity contribution in [3.8, 4) is 0 Å². The normalized spacial score (nSPS) is 14.4. The summed E-state index contributed by atoms with van der Waals surface area (Å²) in [5, 5.41) is 12.8. The molecule has 2 aromatic carbocycles. The van der Waals surface area contributed by atoms with Crippen molar-refractivity contribution < 1.29 is 5.11 Å². The molecule has 0 aliphatic carbocycles. The summed E-state index contributed by atoms with van der Waals surface area (Å²) in [7, 11) is 0. The molecule has 23 heavy (non-hydrogen) atoms. The van der Waals surface area contributed by atoms with Crippen LogP contribution in [0.4, 0.5) is 0 Å². The Bertz CT molecular complexity index is 806. The number of para-hydroxylation sites is 1. The topological polar surface area (TPSA) is 51.2 Å². The summed E-state index contributed by atoms with van der Waals surface area (Å²) in [6.45, 7) is 5.23. The molecule has 122 valence electrons. The average molecular weight is 310 g/mol. The first kappa shape index (κ1) is 16.0. The predicted molar refractivity (Wildman–Crippen MR) is 97.6 cm³/mol. The summed E-state index contributed by atoms with van der Waals surface area (Å²) in [5.41, 5.74) is 9.79. The average Bonchev–Trinajstić information content (AvgIpc) is 2.92. The largest absolute Gasteiger partial charge is 0.391 e. The molecule has 0 saturated carbocycles. The molecule has 0 bridgehead atoms. The van der Waals surface area contributed by atoms with Crippen molar-refractivity contribution in [1.82, 2.24) is 4.57 Å². The number of aromatic nitrogens is 1. The van der Waals surface area contributed by atoms with Crippen LogP contribution >= 0.6 is 0 Å². The number of unbranched alkanes of at least 4 members (excludes halogenated alkanes) is 1. The van der Waals surface area contributed by atoms with E-state index in [9.17, 15) is 5.11 Å². The van der Waals surface area contributed by atoms with Crippen LogP contribution in [-0.2, 0) is 6.54 Å². The van der Waals surface area contributed by atoms with Gasteiger partial charge in [-0.3, -0.25) is 0 Å². The van der Waals surface area contributed by atoms with Crippen LogP contribution < -0.4 is 5.73 Å². The van der Waals surface area contributed by atoms with E-state index in [0.717, 1.165) is 31.4 Å². The predicted octanol–water partition coefficient (Wildman–Crippen LogP) is 4.37. The van der Waals surface area contributed by atoms with Gasteiger partial charge in [0.1, 0.15) is 0 Å². The number of aliphatic hydroxyl groups excluding tert-OH is 1. The molecule has 0 aliphatic heterocycles. The molecule has 3 N–H and O–H groups in total. The van der Waals surface area contributed by atoms with Crippen molar-refractivity contribution in [1.29, 1.82) is 0 Å². The monoisotopic (exact) mass is 310 g/mol. The molecule has 0 saturated heterocycles. The number of fused-ring (bicyclic) bond motifs is 3. The fraction of sp³-hybridized carbons (Fsp3) is 0.400. The Balaban J connectivity index is 2.06. The summed E-state index contributed by atoms with van der Waals surface area (Å²) < 4.78 is 2.33. The van der Waals surface area contributed by atoms with Gasteiger partial charge < -0.3 is 15.4 Å². The third-order valence-corrected chi connectivity index (χ3v) is 4.77. The highest BCUT2D eigenvalue weighted by Crippen LogP contribution is 2.31. The molecule has 3 aromatic rings. The van der Waals surface area contributed by atoms with Crippen LogP contribution in [0.1, 0.15) is 44.7 Å². The number of aryl methyl sites for hydroxylation is 1. The molecule has 0 amide bonds. The zero-order valence-corrected chi connectivity index (χ0v) is 14.0. The van der Waals surface area contributed by atoms with Gasteiger partial charge in [0.2, 0.25) is 0 Å². The van der Waals surface area contributed by atoms with Crippen LogP contribution in [0.25, 0.3) is 21.8 Å². The zero-order valence-electron chi connectivity index (χ0n) is 14.0. The Kier molecular flexibility index (Phi) is 4.69. The molecule has 3 heteroatoms. The van der Waals surface area contributed by atoms with Gasteiger partial charge in [0.25, 0.3) is 0 Å². The minimum atomic E-state index is -0.480. The van der Waals surface area contributed by atoms with E-state index in [1.165, 1.54) is 21.8 Å². The lowest BCUT2D eigenvalue weighted by atomic mass is 9.97. The van der Waals surface area contributed by atoms with E-state index < -0.39 is 6.10 Å². The van der Waals surface area contributed by atoms with E-state index in [1.807, 2.05) is 0 Å². The number of rotatable bonds is 6. The maximum atomic E-state index is 10.3. The summed E-state index contributed by atoms with van der Waals surface area (Å²) in [6, 6.07) is 14.5. The summed E-state index contributed by atoms with van der Waals surface area (Å²) in [5.74, 6) is 0. The van der Waals surface area contributed by atoms with Crippen LogP contribution in [0.15, 0.2) is 42.5 Å². The van der Waals surface area contributed by atoms with Crippen molar-refractivity contribution in [3.63, 3.8) is 0 Å². The fourth-order valence-electron chi connectivity index (χ4n) is 3.43. The Labute approximate surface area is 137 Å². The summed E-state index contributed by atoms with van der Waals surface area (Å²) >= 11 is 0. The van der Waals surface area contributed by atoms with Crippen LogP contribution in [0.5, 0.6) is 0 Å². The third-order valence-electron chi connectivity index (χ3n) is 4.77. The molecule has 2 atom stereocenters. The van der Waals surface area contributed by atoms with Gasteiger partial charge in [-0.1, -0.05) is 44.0 Å². The lowest BCUT2D eigenvalue weighted by molar-refractivity contribution is 0.132. The van der Waals surface area contributed by atoms with Gasteiger partial charge in [-0.25, -0.2) is 0 Å². The van der Waals surface area contributed by atoms with Gasteiger partial charge in [-0.2, -0.15) is 0 Å². The van der Waals surface area contributed by atoms with Gasteiger partial charge in [0, 0.05) is 28.4 Å². The van der Waals surface area contributed by atoms with Crippen LogP contribution in [0, 0.1) is 0 Å². The highest BCUT2D eigenvalue weighted by atomic mass is 16.3. The molecular weight excluding hydrogens is 284 g/mol. The quantitative estimate of drug-likeness (QED) is 0.710. The van der Waals surface area contributed by atoms with Gasteiger partial charge in [-0.05, 0) is 37.1 Å². The van der Waals surface area contributed by atoms with Crippen molar-refractivity contribution >= 4 is 21.8 Å². The second-order valence-electron chi connectivity index (χ2n) is 6.27. The van der Waals surface area contributed by atoms with E-state index in [4.69, 9.17) is 5.73 Å². The highest BCUT2D eigenvalue weighted by Gasteiger charge is 2.18. The van der Waals surface area contributed by atoms with E-state index in [2.05, 4.69) is 60.9 Å².